The smallest absolute Gasteiger partial charge is 0.205 e. The summed E-state index contributed by atoms with van der Waals surface area (Å²) in [7, 11) is -3.57. The van der Waals surface area contributed by atoms with Crippen molar-refractivity contribution >= 4 is 15.9 Å². The van der Waals surface area contributed by atoms with Gasteiger partial charge in [-0.3, -0.25) is 0 Å². The van der Waals surface area contributed by atoms with E-state index in [1.807, 2.05) is 0 Å². The van der Waals surface area contributed by atoms with Crippen molar-refractivity contribution in [3.8, 4) is 0 Å². The molecule has 0 amide bonds. The molecule has 0 saturated heterocycles. The lowest BCUT2D eigenvalue weighted by atomic mass is 10.2. The van der Waals surface area contributed by atoms with Crippen LogP contribution in [0.3, 0.4) is 0 Å². The van der Waals surface area contributed by atoms with Gasteiger partial charge in [0.05, 0.1) is 9.80 Å². The average molecular weight is 227 g/mol. The fraction of sp³-hybridized carbons (Fsp3) is 0.200. The summed E-state index contributed by atoms with van der Waals surface area (Å²) >= 11 is 0. The lowest BCUT2D eigenvalue weighted by Gasteiger charge is -2.06. The highest BCUT2D eigenvalue weighted by Gasteiger charge is 2.31. The van der Waals surface area contributed by atoms with Gasteiger partial charge in [-0.1, -0.05) is 6.07 Å². The summed E-state index contributed by atoms with van der Waals surface area (Å²) in [5, 5.41) is 0. The van der Waals surface area contributed by atoms with E-state index < -0.39 is 21.7 Å². The molecule has 1 unspecified atom stereocenters. The first-order valence-electron chi connectivity index (χ1n) is 4.45. The molecule has 1 aliphatic rings. The van der Waals surface area contributed by atoms with Crippen molar-refractivity contribution in [2.45, 2.75) is 17.9 Å². The van der Waals surface area contributed by atoms with Crippen LogP contribution < -0.4 is 5.73 Å². The van der Waals surface area contributed by atoms with Gasteiger partial charge in [-0.2, -0.15) is 0 Å². The minimum Gasteiger partial charge on any atom is -0.324 e. The van der Waals surface area contributed by atoms with Gasteiger partial charge in [0, 0.05) is 6.04 Å². The molecule has 80 valence electrons. The second kappa shape index (κ2) is 3.15. The van der Waals surface area contributed by atoms with Gasteiger partial charge in [0.25, 0.3) is 0 Å². The lowest BCUT2D eigenvalue weighted by molar-refractivity contribution is 0.595. The Kier molecular flexibility index (Phi) is 2.17. The van der Waals surface area contributed by atoms with Gasteiger partial charge >= 0.3 is 0 Å². The van der Waals surface area contributed by atoms with Crippen LogP contribution in [-0.4, -0.2) is 14.5 Å². The molecule has 0 radical (unpaired) electrons. The molecule has 2 rings (SSSR count). The van der Waals surface area contributed by atoms with E-state index in [2.05, 4.69) is 0 Å². The van der Waals surface area contributed by atoms with Crippen LogP contribution in [0.4, 0.5) is 4.39 Å². The van der Waals surface area contributed by atoms with E-state index in [0.29, 0.717) is 5.56 Å². The summed E-state index contributed by atoms with van der Waals surface area (Å²) in [5.74, 6) is -0.559. The fourth-order valence-corrected chi connectivity index (χ4v) is 3.32. The number of nitrogens with two attached hydrogens (primary N) is 1. The monoisotopic (exact) mass is 227 g/mol. The van der Waals surface area contributed by atoms with Crippen LogP contribution in [0, 0.1) is 5.82 Å². The minimum atomic E-state index is -3.57. The first-order chi connectivity index (χ1) is 6.93. The second-order valence-corrected chi connectivity index (χ2v) is 5.44. The maximum absolute atomic E-state index is 12.9. The molecule has 1 aromatic carbocycles. The van der Waals surface area contributed by atoms with Gasteiger partial charge in [0.2, 0.25) is 9.84 Å². The van der Waals surface area contributed by atoms with E-state index in [-0.39, 0.29) is 9.80 Å². The molecule has 1 heterocycles. The Balaban J connectivity index is 2.69. The predicted molar refractivity (Wildman–Crippen MR) is 55.2 cm³/mol. The molecule has 0 fully saturated rings. The molecule has 3 nitrogen and oxygen atoms in total. The van der Waals surface area contributed by atoms with Gasteiger partial charge in [0.15, 0.2) is 0 Å². The van der Waals surface area contributed by atoms with E-state index in [4.69, 9.17) is 5.73 Å². The summed E-state index contributed by atoms with van der Waals surface area (Å²) in [5.41, 5.74) is 6.05. The Morgan fingerprint density at radius 2 is 2.07 bits per heavy atom. The van der Waals surface area contributed by atoms with E-state index in [1.54, 1.807) is 6.92 Å². The first-order valence-corrected chi connectivity index (χ1v) is 5.93. The predicted octanol–water partition coefficient (Wildman–Crippen LogP) is 1.30. The van der Waals surface area contributed by atoms with E-state index in [1.165, 1.54) is 18.2 Å². The number of fused-ring (bicyclic) bond motifs is 1. The maximum atomic E-state index is 12.9. The highest BCUT2D eigenvalue weighted by atomic mass is 32.2. The normalized spacial score (nSPS) is 19.5. The third-order valence-electron chi connectivity index (χ3n) is 2.32. The van der Waals surface area contributed by atoms with E-state index in [9.17, 15) is 12.8 Å². The number of sulfone groups is 1. The molecule has 5 heteroatoms. The second-order valence-electron chi connectivity index (χ2n) is 3.52. The largest absolute Gasteiger partial charge is 0.324 e. The van der Waals surface area contributed by atoms with Crippen LogP contribution in [0.5, 0.6) is 0 Å². The molecule has 15 heavy (non-hydrogen) atoms. The standard InChI is InChI=1S/C10H10FNO2S/c1-6(12)9-4-7-2-3-8(11)5-10(7)15(9,13)14/h2-6H,12H2,1H3. The summed E-state index contributed by atoms with van der Waals surface area (Å²) in [4.78, 5) is 0.151. The number of rotatable bonds is 1. The SMILES string of the molecule is CC(N)C1=Cc2ccc(F)cc2S1(=O)=O. The first kappa shape index (κ1) is 10.3. The van der Waals surface area contributed by atoms with Gasteiger partial charge in [0.1, 0.15) is 5.82 Å². The number of hydrogen-bond donors (Lipinski definition) is 1. The molecule has 0 bridgehead atoms. The van der Waals surface area contributed by atoms with E-state index >= 15 is 0 Å². The molecule has 0 saturated carbocycles. The zero-order valence-electron chi connectivity index (χ0n) is 8.07. The van der Waals surface area contributed by atoms with Crippen molar-refractivity contribution in [1.82, 2.24) is 0 Å². The minimum absolute atomic E-state index is 0.00907. The van der Waals surface area contributed by atoms with Gasteiger partial charge in [-0.25, -0.2) is 12.8 Å². The Morgan fingerprint density at radius 1 is 1.40 bits per heavy atom. The molecule has 1 aliphatic heterocycles. The van der Waals surface area contributed by atoms with Crippen molar-refractivity contribution in [3.05, 3.63) is 34.5 Å². The molecule has 0 aromatic heterocycles. The van der Waals surface area contributed by atoms with Crippen LogP contribution >= 0.6 is 0 Å². The molecular weight excluding hydrogens is 217 g/mol. The number of halogens is 1. The third kappa shape index (κ3) is 1.48. The van der Waals surface area contributed by atoms with E-state index in [0.717, 1.165) is 6.07 Å². The van der Waals surface area contributed by atoms with Gasteiger partial charge < -0.3 is 5.73 Å². The third-order valence-corrected chi connectivity index (χ3v) is 4.36. The molecule has 1 atom stereocenters. The van der Waals surface area contributed by atoms with Crippen LogP contribution in [-0.2, 0) is 9.84 Å². The fourth-order valence-electron chi connectivity index (χ4n) is 1.59. The molecule has 1 aromatic rings. The highest BCUT2D eigenvalue weighted by Crippen LogP contribution is 2.34. The van der Waals surface area contributed by atoms with Crippen molar-refractivity contribution in [2.24, 2.45) is 5.73 Å². The van der Waals surface area contributed by atoms with Crippen molar-refractivity contribution < 1.29 is 12.8 Å². The van der Waals surface area contributed by atoms with Crippen LogP contribution in [0.25, 0.3) is 6.08 Å². The van der Waals surface area contributed by atoms with Gasteiger partial charge in [-0.05, 0) is 30.7 Å². The summed E-state index contributed by atoms with van der Waals surface area (Å²) < 4.78 is 36.6. The van der Waals surface area contributed by atoms with Crippen molar-refractivity contribution in [2.75, 3.05) is 0 Å². The summed E-state index contributed by atoms with van der Waals surface area (Å²) in [6.45, 7) is 1.59. The summed E-state index contributed by atoms with van der Waals surface area (Å²) in [6, 6.07) is 3.12. The zero-order chi connectivity index (χ0) is 11.2. The topological polar surface area (TPSA) is 60.2 Å². The maximum Gasteiger partial charge on any atom is 0.205 e. The highest BCUT2D eigenvalue weighted by molar-refractivity contribution is 7.96. The molecular formula is C10H10FNO2S. The van der Waals surface area contributed by atoms with Crippen molar-refractivity contribution in [3.63, 3.8) is 0 Å². The Hall–Kier alpha value is -1.20. The van der Waals surface area contributed by atoms with Crippen LogP contribution in [0.15, 0.2) is 28.0 Å². The number of hydrogen-bond acceptors (Lipinski definition) is 3. The van der Waals surface area contributed by atoms with Crippen molar-refractivity contribution in [1.29, 1.82) is 0 Å². The zero-order valence-corrected chi connectivity index (χ0v) is 8.88. The Morgan fingerprint density at radius 3 is 2.67 bits per heavy atom. The Bertz CT molecular complexity index is 547. The van der Waals surface area contributed by atoms with Gasteiger partial charge in [-0.15, -0.1) is 0 Å². The average Bonchev–Trinajstić information content (AvgIpc) is 2.39. The quantitative estimate of drug-likeness (QED) is 0.786. The lowest BCUT2D eigenvalue weighted by Crippen LogP contribution is -2.21. The molecule has 0 spiro atoms. The summed E-state index contributed by atoms with van der Waals surface area (Å²) in [6.07, 6.45) is 1.49. The molecule has 0 aliphatic carbocycles. The van der Waals surface area contributed by atoms with Crippen LogP contribution in [0.1, 0.15) is 12.5 Å². The van der Waals surface area contributed by atoms with Crippen LogP contribution in [0.2, 0.25) is 0 Å². The number of benzene rings is 1. The molecule has 2 N–H and O–H groups in total. The Labute approximate surface area is 87.3 Å².